The van der Waals surface area contributed by atoms with Gasteiger partial charge < -0.3 is 5.32 Å². The molecule has 2 rings (SSSR count). The summed E-state index contributed by atoms with van der Waals surface area (Å²) >= 11 is 5.10. The minimum Gasteiger partial charge on any atom is -0.363 e. The van der Waals surface area contributed by atoms with Gasteiger partial charge in [-0.1, -0.05) is 13.8 Å². The van der Waals surface area contributed by atoms with Gasteiger partial charge in [-0.25, -0.2) is 15.0 Å². The number of thiazole rings is 1. The van der Waals surface area contributed by atoms with Crippen molar-refractivity contribution in [3.8, 4) is 0 Å². The molecular weight excluding hydrogens is 312 g/mol. The predicted octanol–water partition coefficient (Wildman–Crippen LogP) is 3.74. The van der Waals surface area contributed by atoms with Crippen LogP contribution in [0, 0.1) is 6.92 Å². The summed E-state index contributed by atoms with van der Waals surface area (Å²) in [6.07, 6.45) is 1.89. The SMILES string of the molecule is Cc1cnc(CNc2cc(Br)nc(C(C)C)n2)s1. The molecule has 2 aromatic heterocycles. The van der Waals surface area contributed by atoms with Crippen LogP contribution in [0.4, 0.5) is 5.82 Å². The fourth-order valence-corrected chi connectivity index (χ4v) is 2.56. The molecule has 0 aromatic carbocycles. The van der Waals surface area contributed by atoms with Gasteiger partial charge in [-0.05, 0) is 22.9 Å². The Kier molecular flexibility index (Phi) is 4.29. The molecular formula is C12H15BrN4S. The lowest BCUT2D eigenvalue weighted by atomic mass is 10.2. The molecule has 0 aliphatic heterocycles. The largest absolute Gasteiger partial charge is 0.363 e. The molecule has 0 radical (unpaired) electrons. The number of hydrogen-bond acceptors (Lipinski definition) is 5. The van der Waals surface area contributed by atoms with Crippen LogP contribution in [0.2, 0.25) is 0 Å². The highest BCUT2D eigenvalue weighted by atomic mass is 79.9. The molecule has 6 heteroatoms. The van der Waals surface area contributed by atoms with Crippen molar-refractivity contribution < 1.29 is 0 Å². The number of aryl methyl sites for hydroxylation is 1. The Morgan fingerprint density at radius 1 is 1.39 bits per heavy atom. The fraction of sp³-hybridized carbons (Fsp3) is 0.417. The van der Waals surface area contributed by atoms with Crippen molar-refractivity contribution in [3.05, 3.63) is 32.6 Å². The second kappa shape index (κ2) is 5.75. The van der Waals surface area contributed by atoms with E-state index in [1.807, 2.05) is 12.3 Å². The van der Waals surface area contributed by atoms with Crippen LogP contribution in [0.15, 0.2) is 16.9 Å². The first-order valence-corrected chi connectivity index (χ1v) is 7.35. The molecule has 1 N–H and O–H groups in total. The van der Waals surface area contributed by atoms with Crippen LogP contribution in [-0.2, 0) is 6.54 Å². The summed E-state index contributed by atoms with van der Waals surface area (Å²) in [5.41, 5.74) is 0. The van der Waals surface area contributed by atoms with Crippen molar-refractivity contribution in [2.75, 3.05) is 5.32 Å². The van der Waals surface area contributed by atoms with Gasteiger partial charge in [-0.2, -0.15) is 0 Å². The van der Waals surface area contributed by atoms with Crippen molar-refractivity contribution in [1.29, 1.82) is 0 Å². The van der Waals surface area contributed by atoms with E-state index in [1.165, 1.54) is 4.88 Å². The summed E-state index contributed by atoms with van der Waals surface area (Å²) in [5.74, 6) is 1.97. The molecule has 2 aromatic rings. The van der Waals surface area contributed by atoms with Gasteiger partial charge in [0.05, 0.1) is 6.54 Å². The van der Waals surface area contributed by atoms with Crippen molar-refractivity contribution in [3.63, 3.8) is 0 Å². The van der Waals surface area contributed by atoms with Crippen LogP contribution in [0.3, 0.4) is 0 Å². The second-order valence-corrected chi connectivity index (χ2v) is 6.44. The molecule has 0 spiro atoms. The zero-order valence-corrected chi connectivity index (χ0v) is 13.0. The molecule has 0 saturated carbocycles. The average Bonchev–Trinajstić information content (AvgIpc) is 2.72. The third-order valence-corrected chi connectivity index (χ3v) is 3.64. The van der Waals surface area contributed by atoms with E-state index < -0.39 is 0 Å². The molecule has 96 valence electrons. The maximum Gasteiger partial charge on any atom is 0.134 e. The number of halogens is 1. The Labute approximate surface area is 119 Å². The summed E-state index contributed by atoms with van der Waals surface area (Å²) in [7, 11) is 0. The predicted molar refractivity (Wildman–Crippen MR) is 78.0 cm³/mol. The van der Waals surface area contributed by atoms with Crippen molar-refractivity contribution >= 4 is 33.1 Å². The van der Waals surface area contributed by atoms with Gasteiger partial charge in [-0.15, -0.1) is 11.3 Å². The Balaban J connectivity index is 2.09. The Hall–Kier alpha value is -1.01. The molecule has 2 heterocycles. The Bertz CT molecular complexity index is 539. The van der Waals surface area contributed by atoms with Crippen molar-refractivity contribution in [2.24, 2.45) is 0 Å². The lowest BCUT2D eigenvalue weighted by Gasteiger charge is -2.08. The zero-order chi connectivity index (χ0) is 13.1. The highest BCUT2D eigenvalue weighted by Crippen LogP contribution is 2.18. The van der Waals surface area contributed by atoms with Crippen molar-refractivity contribution in [2.45, 2.75) is 33.2 Å². The van der Waals surface area contributed by atoms with Gasteiger partial charge in [0.2, 0.25) is 0 Å². The van der Waals surface area contributed by atoms with E-state index in [1.54, 1.807) is 11.3 Å². The molecule has 0 aliphatic carbocycles. The highest BCUT2D eigenvalue weighted by molar-refractivity contribution is 9.10. The number of aromatic nitrogens is 3. The molecule has 0 amide bonds. The summed E-state index contributed by atoms with van der Waals surface area (Å²) in [6, 6.07) is 1.88. The van der Waals surface area contributed by atoms with E-state index in [0.29, 0.717) is 12.5 Å². The van der Waals surface area contributed by atoms with Crippen molar-refractivity contribution in [1.82, 2.24) is 15.0 Å². The number of nitrogens with one attached hydrogen (secondary N) is 1. The number of nitrogens with zero attached hydrogens (tertiary/aromatic N) is 3. The Morgan fingerprint density at radius 3 is 2.78 bits per heavy atom. The zero-order valence-electron chi connectivity index (χ0n) is 10.6. The first-order valence-electron chi connectivity index (χ1n) is 5.74. The number of rotatable bonds is 4. The van der Waals surface area contributed by atoms with Crippen LogP contribution in [0.5, 0.6) is 0 Å². The minimum absolute atomic E-state index is 0.310. The van der Waals surface area contributed by atoms with E-state index in [9.17, 15) is 0 Å². The van der Waals surface area contributed by atoms with Gasteiger partial charge >= 0.3 is 0 Å². The fourth-order valence-electron chi connectivity index (χ4n) is 1.43. The topological polar surface area (TPSA) is 50.7 Å². The van der Waals surface area contributed by atoms with Crippen LogP contribution in [0.1, 0.15) is 35.5 Å². The average molecular weight is 327 g/mol. The van der Waals surface area contributed by atoms with Gasteiger partial charge in [0, 0.05) is 23.1 Å². The third kappa shape index (κ3) is 3.49. The van der Waals surface area contributed by atoms with Crippen LogP contribution >= 0.6 is 27.3 Å². The molecule has 0 saturated heterocycles. The molecule has 0 aliphatic rings. The normalized spacial score (nSPS) is 10.9. The molecule has 0 bridgehead atoms. The highest BCUT2D eigenvalue weighted by Gasteiger charge is 2.07. The van der Waals surface area contributed by atoms with Crippen LogP contribution in [0.25, 0.3) is 0 Å². The first kappa shape index (κ1) is 13.4. The first-order chi connectivity index (χ1) is 8.54. The minimum atomic E-state index is 0.310. The lowest BCUT2D eigenvalue weighted by Crippen LogP contribution is -2.05. The smallest absolute Gasteiger partial charge is 0.134 e. The maximum absolute atomic E-state index is 4.48. The van der Waals surface area contributed by atoms with Crippen LogP contribution in [-0.4, -0.2) is 15.0 Å². The quantitative estimate of drug-likeness (QED) is 0.869. The monoisotopic (exact) mass is 326 g/mol. The number of hydrogen-bond donors (Lipinski definition) is 1. The third-order valence-electron chi connectivity index (χ3n) is 2.32. The van der Waals surface area contributed by atoms with Gasteiger partial charge in [-0.3, -0.25) is 0 Å². The molecule has 18 heavy (non-hydrogen) atoms. The Morgan fingerprint density at radius 2 is 2.17 bits per heavy atom. The molecule has 0 unspecified atom stereocenters. The van der Waals surface area contributed by atoms with E-state index >= 15 is 0 Å². The molecule has 4 nitrogen and oxygen atoms in total. The summed E-state index contributed by atoms with van der Waals surface area (Å²) in [4.78, 5) is 14.4. The molecule has 0 atom stereocenters. The van der Waals surface area contributed by atoms with E-state index in [-0.39, 0.29) is 0 Å². The van der Waals surface area contributed by atoms with E-state index in [4.69, 9.17) is 0 Å². The second-order valence-electron chi connectivity index (χ2n) is 4.31. The van der Waals surface area contributed by atoms with Gasteiger partial charge in [0.25, 0.3) is 0 Å². The summed E-state index contributed by atoms with van der Waals surface area (Å²) in [5, 5.41) is 4.34. The van der Waals surface area contributed by atoms with E-state index in [0.717, 1.165) is 21.3 Å². The maximum atomic E-state index is 4.48. The standard InChI is InChI=1S/C12H15BrN4S/c1-7(2)12-16-9(13)4-10(17-12)14-6-11-15-5-8(3)18-11/h4-5,7H,6H2,1-3H3,(H,14,16,17). The lowest BCUT2D eigenvalue weighted by molar-refractivity contribution is 0.769. The van der Waals surface area contributed by atoms with E-state index in [2.05, 4.69) is 57.0 Å². The van der Waals surface area contributed by atoms with Gasteiger partial charge in [0.15, 0.2) is 0 Å². The summed E-state index contributed by atoms with van der Waals surface area (Å²) < 4.78 is 0.805. The van der Waals surface area contributed by atoms with Gasteiger partial charge in [0.1, 0.15) is 21.3 Å². The summed E-state index contributed by atoms with van der Waals surface area (Å²) in [6.45, 7) is 6.91. The van der Waals surface area contributed by atoms with Crippen LogP contribution < -0.4 is 5.32 Å². The number of anilines is 1. The molecule has 0 fully saturated rings.